The Hall–Kier alpha value is -2.28. The summed E-state index contributed by atoms with van der Waals surface area (Å²) in [6, 6.07) is 2.02. The minimum Gasteiger partial charge on any atom is -0.392 e. The first kappa shape index (κ1) is 27.3. The monoisotopic (exact) mass is 555 g/mol. The van der Waals surface area contributed by atoms with Crippen LogP contribution in [-0.4, -0.2) is 71.3 Å². The predicted octanol–water partition coefficient (Wildman–Crippen LogP) is 4.43. The average Bonchev–Trinajstić information content (AvgIpc) is 3.18. The number of nitrogens with one attached hydrogen (secondary N) is 2. The summed E-state index contributed by atoms with van der Waals surface area (Å²) in [5.41, 5.74) is -1.49. The first-order chi connectivity index (χ1) is 18.1. The number of fused-ring (bicyclic) bond motifs is 1. The first-order valence-corrected chi connectivity index (χ1v) is 13.9. The molecule has 2 saturated carbocycles. The van der Waals surface area contributed by atoms with E-state index in [1.54, 1.807) is 16.2 Å². The number of nitrogens with zero attached hydrogens (tertiary/aromatic N) is 3. The maximum atomic E-state index is 13.8. The van der Waals surface area contributed by atoms with Crippen LogP contribution < -0.4 is 10.6 Å². The average molecular weight is 556 g/mol. The van der Waals surface area contributed by atoms with Gasteiger partial charge in [0.25, 0.3) is 0 Å². The number of aliphatic hydroxyl groups is 1. The van der Waals surface area contributed by atoms with Crippen molar-refractivity contribution >= 4 is 23.1 Å². The molecule has 12 heteroatoms. The van der Waals surface area contributed by atoms with Gasteiger partial charge in [-0.25, -0.2) is 14.2 Å². The third kappa shape index (κ3) is 5.54. The molecule has 3 fully saturated rings. The van der Waals surface area contributed by atoms with Gasteiger partial charge in [0.1, 0.15) is 10.8 Å². The van der Waals surface area contributed by atoms with Crippen molar-refractivity contribution in [2.45, 2.75) is 62.4 Å². The molecule has 1 saturated heterocycles. The van der Waals surface area contributed by atoms with Crippen LogP contribution in [0.3, 0.4) is 0 Å². The molecule has 3 aliphatic rings. The second kappa shape index (κ2) is 10.7. The molecule has 2 heterocycles. The van der Waals surface area contributed by atoms with Gasteiger partial charge in [0.2, 0.25) is 0 Å². The van der Waals surface area contributed by atoms with Crippen LogP contribution in [0.5, 0.6) is 0 Å². The van der Waals surface area contributed by atoms with E-state index in [2.05, 4.69) is 20.5 Å². The lowest BCUT2D eigenvalue weighted by Gasteiger charge is -2.31. The molecule has 5 rings (SSSR count). The maximum absolute atomic E-state index is 13.8. The van der Waals surface area contributed by atoms with Gasteiger partial charge in [-0.05, 0) is 69.8 Å². The SMILES string of the molecule is CNCc1ncc([C@@]23CC[C@@H](N(CCCN4CC[C@@H](O)C4)C(=O)Nc4ccc(F)c(C(F)(F)F)c4)[C@@H]2C3)s1. The summed E-state index contributed by atoms with van der Waals surface area (Å²) >= 11 is 1.69. The number of β-amino-alcohol motifs (C(OH)–C–C–N with tert-alkyl or cyclic N) is 1. The lowest BCUT2D eigenvalue weighted by molar-refractivity contribution is -0.139. The maximum Gasteiger partial charge on any atom is 0.419 e. The zero-order chi connectivity index (χ0) is 27.1. The number of halogens is 4. The van der Waals surface area contributed by atoms with Gasteiger partial charge < -0.3 is 25.5 Å². The molecule has 0 radical (unpaired) electrons. The standard InChI is InChI=1S/C26H33F4N5O2S/c1-31-14-23-32-13-22(38-23)25-7-5-21(19(25)12-25)35(9-2-8-34-10-6-17(36)15-34)24(37)33-16-3-4-20(27)18(11-16)26(28,29)30/h3-4,11,13,17,19,21,31,36H,2,5-10,12,14-15H2,1H3,(H,33,37)/t17-,19+,21-,25-/m1/s1. The van der Waals surface area contributed by atoms with Gasteiger partial charge in [0, 0.05) is 54.4 Å². The third-order valence-electron chi connectivity index (χ3n) is 8.16. The zero-order valence-corrected chi connectivity index (χ0v) is 22.0. The van der Waals surface area contributed by atoms with E-state index in [1.165, 1.54) is 4.88 Å². The van der Waals surface area contributed by atoms with Gasteiger partial charge in [0.15, 0.2) is 0 Å². The Morgan fingerprint density at radius 3 is 2.84 bits per heavy atom. The van der Waals surface area contributed by atoms with Gasteiger partial charge in [-0.1, -0.05) is 0 Å². The highest BCUT2D eigenvalue weighted by molar-refractivity contribution is 7.11. The van der Waals surface area contributed by atoms with Gasteiger partial charge in [0.05, 0.1) is 11.7 Å². The van der Waals surface area contributed by atoms with E-state index in [9.17, 15) is 27.5 Å². The Balaban J connectivity index is 1.31. The van der Waals surface area contributed by atoms with E-state index in [-0.39, 0.29) is 29.2 Å². The summed E-state index contributed by atoms with van der Waals surface area (Å²) in [4.78, 5) is 23.2. The molecule has 208 valence electrons. The van der Waals surface area contributed by atoms with Gasteiger partial charge in [-0.2, -0.15) is 13.2 Å². The fraction of sp³-hybridized carbons (Fsp3) is 0.615. The van der Waals surface area contributed by atoms with Crippen LogP contribution in [0.4, 0.5) is 28.0 Å². The van der Waals surface area contributed by atoms with E-state index in [1.807, 2.05) is 13.2 Å². The molecule has 1 aliphatic heterocycles. The van der Waals surface area contributed by atoms with Crippen molar-refractivity contribution in [3.8, 4) is 0 Å². The molecular formula is C26H33F4N5O2S. The first-order valence-electron chi connectivity index (χ1n) is 13.1. The van der Waals surface area contributed by atoms with Gasteiger partial charge in [-0.3, -0.25) is 0 Å². The number of rotatable bonds is 9. The Morgan fingerprint density at radius 1 is 1.34 bits per heavy atom. The van der Waals surface area contributed by atoms with Crippen molar-refractivity contribution in [3.05, 3.63) is 45.7 Å². The zero-order valence-electron chi connectivity index (χ0n) is 21.2. The smallest absolute Gasteiger partial charge is 0.392 e. The highest BCUT2D eigenvalue weighted by atomic mass is 32.1. The number of alkyl halides is 3. The van der Waals surface area contributed by atoms with E-state index >= 15 is 0 Å². The molecule has 38 heavy (non-hydrogen) atoms. The van der Waals surface area contributed by atoms with E-state index in [0.717, 1.165) is 55.9 Å². The van der Waals surface area contributed by atoms with Crippen molar-refractivity contribution in [1.82, 2.24) is 20.1 Å². The number of aliphatic hydroxyl groups excluding tert-OH is 1. The second-order valence-corrected chi connectivity index (χ2v) is 11.7. The van der Waals surface area contributed by atoms with E-state index in [4.69, 9.17) is 0 Å². The quantitative estimate of drug-likeness (QED) is 0.399. The van der Waals surface area contributed by atoms with Gasteiger partial charge in [-0.15, -0.1) is 11.3 Å². The largest absolute Gasteiger partial charge is 0.419 e. The summed E-state index contributed by atoms with van der Waals surface area (Å²) in [6.45, 7) is 3.28. The number of aromatic nitrogens is 1. The molecule has 1 aromatic heterocycles. The Morgan fingerprint density at radius 2 is 2.16 bits per heavy atom. The van der Waals surface area contributed by atoms with Crippen LogP contribution in [0.25, 0.3) is 0 Å². The van der Waals surface area contributed by atoms with Crippen LogP contribution >= 0.6 is 11.3 Å². The Kier molecular flexibility index (Phi) is 7.69. The fourth-order valence-electron chi connectivity index (χ4n) is 6.20. The minimum absolute atomic E-state index is 0.00520. The van der Waals surface area contributed by atoms with Crippen molar-refractivity contribution in [2.75, 3.05) is 38.5 Å². The summed E-state index contributed by atoms with van der Waals surface area (Å²) in [5, 5.41) is 16.6. The van der Waals surface area contributed by atoms with E-state index in [0.29, 0.717) is 32.1 Å². The lowest BCUT2D eigenvalue weighted by Crippen LogP contribution is -2.44. The number of likely N-dealkylation sites (tertiary alicyclic amines) is 1. The minimum atomic E-state index is -4.86. The molecule has 7 nitrogen and oxygen atoms in total. The van der Waals surface area contributed by atoms with Crippen molar-refractivity contribution in [1.29, 1.82) is 0 Å². The molecule has 2 amide bonds. The number of benzene rings is 1. The topological polar surface area (TPSA) is 80.7 Å². The number of thiazole rings is 1. The van der Waals surface area contributed by atoms with Crippen molar-refractivity contribution in [3.63, 3.8) is 0 Å². The van der Waals surface area contributed by atoms with Crippen LogP contribution in [0, 0.1) is 11.7 Å². The number of hydrogen-bond acceptors (Lipinski definition) is 6. The van der Waals surface area contributed by atoms with Crippen LogP contribution in [0.2, 0.25) is 0 Å². The molecular weight excluding hydrogens is 522 g/mol. The molecule has 2 aliphatic carbocycles. The molecule has 2 aromatic rings. The summed E-state index contributed by atoms with van der Waals surface area (Å²) in [6.07, 6.45) is 0.858. The molecule has 0 unspecified atom stereocenters. The predicted molar refractivity (Wildman–Crippen MR) is 136 cm³/mol. The normalized spacial score (nSPS) is 26.9. The summed E-state index contributed by atoms with van der Waals surface area (Å²) in [5.74, 6) is -1.11. The van der Waals surface area contributed by atoms with Crippen LogP contribution in [-0.2, 0) is 18.1 Å². The molecule has 0 spiro atoms. The van der Waals surface area contributed by atoms with Crippen molar-refractivity contribution in [2.24, 2.45) is 5.92 Å². The van der Waals surface area contributed by atoms with Crippen molar-refractivity contribution < 1.29 is 27.5 Å². The number of urea groups is 1. The number of anilines is 1. The summed E-state index contributed by atoms with van der Waals surface area (Å²) in [7, 11) is 1.88. The number of hydrogen-bond donors (Lipinski definition) is 3. The number of carbonyl (C=O) groups is 1. The number of carbonyl (C=O) groups excluding carboxylic acids is 1. The lowest BCUT2D eigenvalue weighted by atomic mass is 10.0. The molecule has 1 aromatic carbocycles. The highest BCUT2D eigenvalue weighted by Crippen LogP contribution is 2.66. The Bertz CT molecular complexity index is 1160. The van der Waals surface area contributed by atoms with Crippen LogP contribution in [0.15, 0.2) is 24.4 Å². The number of amides is 2. The van der Waals surface area contributed by atoms with Crippen LogP contribution in [0.1, 0.15) is 47.6 Å². The molecule has 3 N–H and O–H groups in total. The highest BCUT2D eigenvalue weighted by Gasteiger charge is 2.64. The Labute approximate surface area is 223 Å². The second-order valence-electron chi connectivity index (χ2n) is 10.6. The van der Waals surface area contributed by atoms with Gasteiger partial charge >= 0.3 is 12.2 Å². The molecule has 4 atom stereocenters. The third-order valence-corrected chi connectivity index (χ3v) is 9.38. The fourth-order valence-corrected chi connectivity index (χ4v) is 7.42. The summed E-state index contributed by atoms with van der Waals surface area (Å²) < 4.78 is 53.5. The molecule has 0 bridgehead atoms. The van der Waals surface area contributed by atoms with E-state index < -0.39 is 23.6 Å².